The zero-order valence-electron chi connectivity index (χ0n) is 14.1. The first-order valence-electron chi connectivity index (χ1n) is 8.26. The predicted molar refractivity (Wildman–Crippen MR) is 98.4 cm³/mol. The van der Waals surface area contributed by atoms with Gasteiger partial charge in [0, 0.05) is 0 Å². The van der Waals surface area contributed by atoms with Gasteiger partial charge in [-0.3, -0.25) is 0 Å². The molecule has 0 heterocycles. The van der Waals surface area contributed by atoms with Crippen LogP contribution >= 0.6 is 0 Å². The van der Waals surface area contributed by atoms with Crippen LogP contribution in [0.3, 0.4) is 0 Å². The summed E-state index contributed by atoms with van der Waals surface area (Å²) >= 11 is -0.00722. The van der Waals surface area contributed by atoms with Crippen LogP contribution in [0.15, 0.2) is 72.8 Å². The summed E-state index contributed by atoms with van der Waals surface area (Å²) in [4.78, 5) is 0. The van der Waals surface area contributed by atoms with Crippen molar-refractivity contribution in [1.82, 2.24) is 0 Å². The molecule has 3 rings (SSSR count). The summed E-state index contributed by atoms with van der Waals surface area (Å²) in [6.45, 7) is 4.27. The van der Waals surface area contributed by atoms with Gasteiger partial charge in [0.05, 0.1) is 0 Å². The van der Waals surface area contributed by atoms with Gasteiger partial charge in [0.1, 0.15) is 0 Å². The Hall–Kier alpha value is -1.39. The Morgan fingerprint density at radius 2 is 0.826 bits per heavy atom. The molecule has 0 spiro atoms. The molecular formula is C22H26Pt. The molecule has 1 aliphatic carbocycles. The number of aryl methyl sites for hydroxylation is 2. The molecule has 1 aliphatic rings. The molecule has 0 amide bonds. The summed E-state index contributed by atoms with van der Waals surface area (Å²) in [5.74, 6) is 0. The predicted octanol–water partition coefficient (Wildman–Crippen LogP) is 5.01. The van der Waals surface area contributed by atoms with Crippen LogP contribution in [0.4, 0.5) is 0 Å². The van der Waals surface area contributed by atoms with Crippen LogP contribution < -0.4 is 7.91 Å². The van der Waals surface area contributed by atoms with Gasteiger partial charge in [0.15, 0.2) is 0 Å². The third-order valence-corrected chi connectivity index (χ3v) is 6.32. The fourth-order valence-corrected chi connectivity index (χ4v) is 4.39. The Morgan fingerprint density at radius 1 is 0.522 bits per heavy atom. The van der Waals surface area contributed by atoms with Crippen molar-refractivity contribution >= 4 is 7.91 Å². The third kappa shape index (κ3) is 7.62. The quantitative estimate of drug-likeness (QED) is 0.525. The minimum absolute atomic E-state index is 0.00722. The van der Waals surface area contributed by atoms with Crippen molar-refractivity contribution in [2.45, 2.75) is 39.5 Å². The van der Waals surface area contributed by atoms with Crippen molar-refractivity contribution in [2.24, 2.45) is 0 Å². The molecule has 0 aliphatic heterocycles. The zero-order chi connectivity index (χ0) is 16.3. The average Bonchev–Trinajstić information content (AvgIpc) is 2.52. The summed E-state index contributed by atoms with van der Waals surface area (Å²) in [6, 6.07) is 17.8. The topological polar surface area (TPSA) is 0 Å². The first-order valence-corrected chi connectivity index (χ1v) is 10.5. The third-order valence-electron chi connectivity index (χ3n) is 3.50. The molecular weight excluding hydrogens is 459 g/mol. The van der Waals surface area contributed by atoms with E-state index in [1.807, 2.05) is 0 Å². The molecule has 0 atom stereocenters. The summed E-state index contributed by atoms with van der Waals surface area (Å²) in [6.07, 6.45) is 14.0. The monoisotopic (exact) mass is 485 g/mol. The van der Waals surface area contributed by atoms with E-state index in [0.29, 0.717) is 0 Å². The van der Waals surface area contributed by atoms with E-state index in [9.17, 15) is 0 Å². The van der Waals surface area contributed by atoms with E-state index in [4.69, 9.17) is 0 Å². The minimum atomic E-state index is -0.00722. The molecule has 0 radical (unpaired) electrons. The van der Waals surface area contributed by atoms with E-state index in [0.717, 1.165) is 0 Å². The van der Waals surface area contributed by atoms with Crippen molar-refractivity contribution < 1.29 is 18.6 Å². The standard InChI is InChI=1S/C8H12.2C7H7.Pt/c1-2-4-6-8-7-5-3-1;2*1-7-5-3-2-4-6-7;/h1-2,7-8H,3-6H2;2*3-6H,1H3;. The zero-order valence-corrected chi connectivity index (χ0v) is 16.3. The summed E-state index contributed by atoms with van der Waals surface area (Å²) in [7, 11) is 0. The van der Waals surface area contributed by atoms with Crippen molar-refractivity contribution in [3.63, 3.8) is 0 Å². The van der Waals surface area contributed by atoms with Gasteiger partial charge in [-0.25, -0.2) is 0 Å². The van der Waals surface area contributed by atoms with Gasteiger partial charge in [-0.2, -0.15) is 0 Å². The first-order chi connectivity index (χ1) is 11.2. The van der Waals surface area contributed by atoms with Crippen LogP contribution in [0.2, 0.25) is 0 Å². The Kier molecular flexibility index (Phi) is 8.11. The molecule has 1 heteroatoms. The second-order valence-corrected chi connectivity index (χ2v) is 8.89. The van der Waals surface area contributed by atoms with Gasteiger partial charge < -0.3 is 0 Å². The number of benzene rings is 2. The normalized spacial score (nSPS) is 13.8. The van der Waals surface area contributed by atoms with E-state index in [-0.39, 0.29) is 18.6 Å². The summed E-state index contributed by atoms with van der Waals surface area (Å²) in [5, 5.41) is 0. The Bertz CT molecular complexity index is 549. The molecule has 2 aromatic rings. The molecule has 0 N–H and O–H groups in total. The number of rotatable bonds is 2. The Balaban J connectivity index is 0.000000203. The molecule has 2 aromatic carbocycles. The van der Waals surface area contributed by atoms with E-state index in [1.54, 1.807) is 0 Å². The van der Waals surface area contributed by atoms with Gasteiger partial charge in [0.2, 0.25) is 0 Å². The second-order valence-electron chi connectivity index (χ2n) is 5.70. The van der Waals surface area contributed by atoms with Gasteiger partial charge >= 0.3 is 100.0 Å². The van der Waals surface area contributed by atoms with E-state index >= 15 is 0 Å². The van der Waals surface area contributed by atoms with Crippen LogP contribution in [-0.2, 0) is 18.6 Å². The number of hydrogen-bond donors (Lipinski definition) is 0. The van der Waals surface area contributed by atoms with Crippen LogP contribution in [0.5, 0.6) is 0 Å². The summed E-state index contributed by atoms with van der Waals surface area (Å²) < 4.78 is 2.98. The fourth-order valence-electron chi connectivity index (χ4n) is 2.11. The number of allylic oxidation sites excluding steroid dienone is 4. The summed E-state index contributed by atoms with van der Waals surface area (Å²) in [5.41, 5.74) is 2.68. The molecule has 0 unspecified atom stereocenters. The number of hydrogen-bond acceptors (Lipinski definition) is 0. The van der Waals surface area contributed by atoms with Crippen LogP contribution in [0.1, 0.15) is 36.8 Å². The molecule has 0 saturated carbocycles. The van der Waals surface area contributed by atoms with Crippen molar-refractivity contribution in [3.8, 4) is 0 Å². The SMILES string of the molecule is C1=CCCC=CCC1.Cc1cc[c]([Pt][c]2ccc(C)cc2)cc1. The Labute approximate surface area is 149 Å². The molecule has 124 valence electrons. The van der Waals surface area contributed by atoms with Crippen LogP contribution in [0, 0.1) is 13.8 Å². The molecule has 0 nitrogen and oxygen atoms in total. The van der Waals surface area contributed by atoms with E-state index < -0.39 is 0 Å². The van der Waals surface area contributed by atoms with Crippen molar-refractivity contribution in [2.75, 3.05) is 0 Å². The molecule has 23 heavy (non-hydrogen) atoms. The van der Waals surface area contributed by atoms with Crippen molar-refractivity contribution in [3.05, 3.63) is 84.0 Å². The van der Waals surface area contributed by atoms with Crippen LogP contribution in [-0.4, -0.2) is 0 Å². The van der Waals surface area contributed by atoms with Gasteiger partial charge in [-0.1, -0.05) is 24.3 Å². The molecule has 0 bridgehead atoms. The molecule has 0 aromatic heterocycles. The van der Waals surface area contributed by atoms with Gasteiger partial charge in [0.25, 0.3) is 0 Å². The molecule has 0 saturated heterocycles. The van der Waals surface area contributed by atoms with Crippen molar-refractivity contribution in [1.29, 1.82) is 0 Å². The van der Waals surface area contributed by atoms with E-state index in [1.165, 1.54) is 44.7 Å². The first kappa shape index (κ1) is 18.0. The van der Waals surface area contributed by atoms with Gasteiger partial charge in [-0.15, -0.1) is 0 Å². The Morgan fingerprint density at radius 3 is 1.13 bits per heavy atom. The maximum absolute atomic E-state index is 2.27. The molecule has 0 fully saturated rings. The average molecular weight is 486 g/mol. The van der Waals surface area contributed by atoms with Crippen LogP contribution in [0.25, 0.3) is 0 Å². The van der Waals surface area contributed by atoms with E-state index in [2.05, 4.69) is 86.7 Å². The maximum atomic E-state index is 2.27. The van der Waals surface area contributed by atoms with Gasteiger partial charge in [-0.05, 0) is 25.7 Å². The second kappa shape index (κ2) is 10.4. The fraction of sp³-hybridized carbons (Fsp3) is 0.273.